The lowest BCUT2D eigenvalue weighted by Crippen LogP contribution is -2.20. The molecule has 0 saturated heterocycles. The number of hydrogen-bond donors (Lipinski definition) is 3. The Morgan fingerprint density at radius 2 is 1.65 bits per heavy atom. The molecule has 0 aliphatic carbocycles. The second-order valence-electron chi connectivity index (χ2n) is 7.41. The van der Waals surface area contributed by atoms with Gasteiger partial charge in [-0.15, -0.1) is 0 Å². The molecule has 4 rings (SSSR count). The van der Waals surface area contributed by atoms with Crippen LogP contribution in [0.15, 0.2) is 72.8 Å². The summed E-state index contributed by atoms with van der Waals surface area (Å²) in [4.78, 5) is 28.0. The number of aromatic nitrogens is 1. The zero-order valence-corrected chi connectivity index (χ0v) is 17.4. The number of carbonyl (C=O) groups is 2. The van der Waals surface area contributed by atoms with Crippen molar-refractivity contribution in [3.63, 3.8) is 0 Å². The molecule has 0 aliphatic rings. The maximum atomic E-state index is 12.7. The summed E-state index contributed by atoms with van der Waals surface area (Å²) in [7, 11) is 0. The van der Waals surface area contributed by atoms with E-state index in [0.29, 0.717) is 22.8 Å². The molecule has 0 spiro atoms. The summed E-state index contributed by atoms with van der Waals surface area (Å²) in [5, 5.41) is 6.66. The quantitative estimate of drug-likeness (QED) is 0.413. The van der Waals surface area contributed by atoms with Crippen LogP contribution in [0, 0.1) is 13.8 Å². The van der Waals surface area contributed by atoms with E-state index in [1.807, 2.05) is 44.2 Å². The first-order valence-corrected chi connectivity index (χ1v) is 9.97. The Bertz CT molecular complexity index is 1250. The van der Waals surface area contributed by atoms with Crippen molar-refractivity contribution in [2.24, 2.45) is 0 Å². The molecule has 0 aliphatic heterocycles. The van der Waals surface area contributed by atoms with Crippen LogP contribution in [0.2, 0.25) is 0 Å². The third-order valence-electron chi connectivity index (χ3n) is 4.85. The molecule has 0 radical (unpaired) electrons. The maximum absolute atomic E-state index is 12.7. The average molecular weight is 413 g/mol. The van der Waals surface area contributed by atoms with Gasteiger partial charge in [0, 0.05) is 28.3 Å². The van der Waals surface area contributed by atoms with Crippen molar-refractivity contribution in [3.05, 3.63) is 89.6 Å². The van der Waals surface area contributed by atoms with Crippen LogP contribution in [-0.2, 0) is 4.79 Å². The summed E-state index contributed by atoms with van der Waals surface area (Å²) < 4.78 is 5.57. The van der Waals surface area contributed by atoms with Crippen molar-refractivity contribution in [2.75, 3.05) is 17.2 Å². The molecule has 1 heterocycles. The van der Waals surface area contributed by atoms with Crippen LogP contribution in [0.1, 0.15) is 21.6 Å². The van der Waals surface area contributed by atoms with Crippen LogP contribution >= 0.6 is 0 Å². The van der Waals surface area contributed by atoms with E-state index in [1.165, 1.54) is 0 Å². The molecule has 0 fully saturated rings. The molecule has 3 aromatic carbocycles. The van der Waals surface area contributed by atoms with Crippen LogP contribution in [0.4, 0.5) is 11.4 Å². The van der Waals surface area contributed by atoms with E-state index in [4.69, 9.17) is 4.74 Å². The van der Waals surface area contributed by atoms with Gasteiger partial charge in [0.2, 0.25) is 0 Å². The number of rotatable bonds is 6. The summed E-state index contributed by atoms with van der Waals surface area (Å²) in [6.45, 7) is 3.92. The summed E-state index contributed by atoms with van der Waals surface area (Å²) in [6.07, 6.45) is 0. The van der Waals surface area contributed by atoms with Gasteiger partial charge in [-0.25, -0.2) is 0 Å². The third kappa shape index (κ3) is 4.93. The fourth-order valence-electron chi connectivity index (χ4n) is 3.45. The van der Waals surface area contributed by atoms with Gasteiger partial charge < -0.3 is 20.4 Å². The van der Waals surface area contributed by atoms with Crippen molar-refractivity contribution in [2.45, 2.75) is 13.8 Å². The average Bonchev–Trinajstić information content (AvgIpc) is 3.18. The zero-order chi connectivity index (χ0) is 21.8. The van der Waals surface area contributed by atoms with Gasteiger partial charge in [-0.05, 0) is 61.4 Å². The Hall–Kier alpha value is -4.06. The largest absolute Gasteiger partial charge is 0.484 e. The number of anilines is 2. The summed E-state index contributed by atoms with van der Waals surface area (Å²) in [5.74, 6) is -0.0132. The molecule has 0 unspecified atom stereocenters. The number of para-hydroxylation sites is 1. The molecule has 2 amide bonds. The number of amides is 2. The number of benzene rings is 3. The van der Waals surface area contributed by atoms with Crippen LogP contribution in [-0.4, -0.2) is 23.4 Å². The molecule has 0 saturated carbocycles. The van der Waals surface area contributed by atoms with Crippen molar-refractivity contribution >= 4 is 34.1 Å². The fourth-order valence-corrected chi connectivity index (χ4v) is 3.45. The highest BCUT2D eigenvalue weighted by Crippen LogP contribution is 2.23. The first kappa shape index (κ1) is 20.2. The molecule has 31 heavy (non-hydrogen) atoms. The minimum atomic E-state index is -0.260. The van der Waals surface area contributed by atoms with E-state index in [0.717, 1.165) is 22.0 Å². The van der Waals surface area contributed by atoms with Gasteiger partial charge in [0.1, 0.15) is 11.4 Å². The molecule has 0 bridgehead atoms. The van der Waals surface area contributed by atoms with Crippen molar-refractivity contribution in [1.29, 1.82) is 0 Å². The van der Waals surface area contributed by atoms with E-state index in [2.05, 4.69) is 21.7 Å². The van der Waals surface area contributed by atoms with Crippen molar-refractivity contribution < 1.29 is 14.3 Å². The second-order valence-corrected chi connectivity index (χ2v) is 7.41. The minimum absolute atomic E-state index is 0.132. The number of H-pyrrole nitrogens is 1. The Morgan fingerprint density at radius 1 is 0.871 bits per heavy atom. The molecule has 4 aromatic rings. The van der Waals surface area contributed by atoms with Gasteiger partial charge in [-0.1, -0.05) is 30.3 Å². The van der Waals surface area contributed by atoms with Crippen LogP contribution in [0.5, 0.6) is 5.75 Å². The lowest BCUT2D eigenvalue weighted by Gasteiger charge is -2.09. The number of aryl methyl sites for hydroxylation is 2. The predicted molar refractivity (Wildman–Crippen MR) is 123 cm³/mol. The van der Waals surface area contributed by atoms with Crippen molar-refractivity contribution in [1.82, 2.24) is 4.98 Å². The van der Waals surface area contributed by atoms with E-state index in [1.54, 1.807) is 36.4 Å². The molecule has 0 atom stereocenters. The number of aromatic amines is 1. The monoisotopic (exact) mass is 413 g/mol. The highest BCUT2D eigenvalue weighted by Gasteiger charge is 2.12. The van der Waals surface area contributed by atoms with Crippen LogP contribution < -0.4 is 15.4 Å². The zero-order valence-electron chi connectivity index (χ0n) is 17.4. The van der Waals surface area contributed by atoms with E-state index < -0.39 is 0 Å². The second kappa shape index (κ2) is 8.75. The number of ether oxygens (including phenoxy) is 1. The Morgan fingerprint density at radius 3 is 2.45 bits per heavy atom. The fraction of sp³-hybridized carbons (Fsp3) is 0.120. The first-order chi connectivity index (χ1) is 15.0. The van der Waals surface area contributed by atoms with Gasteiger partial charge in [-0.3, -0.25) is 9.59 Å². The number of nitrogens with one attached hydrogen (secondary N) is 3. The molecule has 6 nitrogen and oxygen atoms in total. The van der Waals surface area contributed by atoms with E-state index in [-0.39, 0.29) is 18.4 Å². The lowest BCUT2D eigenvalue weighted by molar-refractivity contribution is -0.118. The van der Waals surface area contributed by atoms with Crippen LogP contribution in [0.3, 0.4) is 0 Å². The number of carbonyl (C=O) groups excluding carboxylic acids is 2. The van der Waals surface area contributed by atoms with Crippen LogP contribution in [0.25, 0.3) is 10.9 Å². The Kier molecular flexibility index (Phi) is 5.71. The summed E-state index contributed by atoms with van der Waals surface area (Å²) >= 11 is 0. The highest BCUT2D eigenvalue weighted by molar-refractivity contribution is 6.06. The van der Waals surface area contributed by atoms with Gasteiger partial charge in [0.15, 0.2) is 6.61 Å². The molecule has 6 heteroatoms. The minimum Gasteiger partial charge on any atom is -0.484 e. The topological polar surface area (TPSA) is 83.2 Å². The normalized spacial score (nSPS) is 10.6. The Labute approximate surface area is 180 Å². The molecule has 1 aromatic heterocycles. The first-order valence-electron chi connectivity index (χ1n) is 9.97. The van der Waals surface area contributed by atoms with E-state index >= 15 is 0 Å². The molecular formula is C25H23N3O3. The third-order valence-corrected chi connectivity index (χ3v) is 4.85. The molecule has 156 valence electrons. The number of fused-ring (bicyclic) bond motifs is 1. The summed E-state index contributed by atoms with van der Waals surface area (Å²) in [6, 6.07) is 22.1. The van der Waals surface area contributed by atoms with Gasteiger partial charge in [0.25, 0.3) is 11.8 Å². The van der Waals surface area contributed by atoms with Gasteiger partial charge >= 0.3 is 0 Å². The lowest BCUT2D eigenvalue weighted by atomic mass is 10.1. The maximum Gasteiger partial charge on any atom is 0.272 e. The smallest absolute Gasteiger partial charge is 0.272 e. The SMILES string of the molecule is Cc1cc(C)c2cc(C(=O)Nc3cccc(OCC(=O)Nc4ccccc4)c3)[nH]c2c1. The van der Waals surface area contributed by atoms with Gasteiger partial charge in [-0.2, -0.15) is 0 Å². The predicted octanol–water partition coefficient (Wildman–Crippen LogP) is 5.05. The molecule has 3 N–H and O–H groups in total. The number of hydrogen-bond acceptors (Lipinski definition) is 3. The highest BCUT2D eigenvalue weighted by atomic mass is 16.5. The Balaban J connectivity index is 1.39. The summed E-state index contributed by atoms with van der Waals surface area (Å²) in [5.41, 5.74) is 4.97. The van der Waals surface area contributed by atoms with Gasteiger partial charge in [0.05, 0.1) is 0 Å². The molecular weight excluding hydrogens is 390 g/mol. The standard InChI is InChI=1S/C25H23N3O3/c1-16-11-17(2)21-14-23(28-22(21)12-16)25(30)27-19-9-6-10-20(13-19)31-15-24(29)26-18-7-4-3-5-8-18/h3-14,28H,15H2,1-2H3,(H,26,29)(H,27,30). The van der Waals surface area contributed by atoms with E-state index in [9.17, 15) is 9.59 Å². The van der Waals surface area contributed by atoms with Crippen molar-refractivity contribution in [3.8, 4) is 5.75 Å².